The van der Waals surface area contributed by atoms with Crippen molar-refractivity contribution in [1.29, 1.82) is 0 Å². The molecule has 3 rings (SSSR count). The molecule has 2 aromatic rings. The summed E-state index contributed by atoms with van der Waals surface area (Å²) in [6, 6.07) is 8.83. The predicted molar refractivity (Wildman–Crippen MR) is 101 cm³/mol. The highest BCUT2D eigenvalue weighted by atomic mass is 19.1. The van der Waals surface area contributed by atoms with Crippen LogP contribution in [0.5, 0.6) is 0 Å². The van der Waals surface area contributed by atoms with Crippen molar-refractivity contribution in [3.8, 4) is 0 Å². The highest BCUT2D eigenvalue weighted by molar-refractivity contribution is 6.08. The second kappa shape index (κ2) is 8.51. The molecule has 0 saturated heterocycles. The molecule has 1 fully saturated rings. The molecule has 1 amide bonds. The number of amides is 1. The van der Waals surface area contributed by atoms with Crippen molar-refractivity contribution in [2.45, 2.75) is 38.1 Å². The molecule has 7 heteroatoms. The van der Waals surface area contributed by atoms with Crippen molar-refractivity contribution in [1.82, 2.24) is 5.32 Å². The average molecular weight is 401 g/mol. The average Bonchev–Trinajstić information content (AvgIpc) is 2.59. The summed E-state index contributed by atoms with van der Waals surface area (Å²) >= 11 is 0. The van der Waals surface area contributed by atoms with Gasteiger partial charge in [0.15, 0.2) is 0 Å². The summed E-state index contributed by atoms with van der Waals surface area (Å²) in [6.45, 7) is 1.15. The zero-order valence-electron chi connectivity index (χ0n) is 15.8. The minimum Gasteiger partial charge on any atom is -0.478 e. The minimum atomic E-state index is -1.56. The van der Waals surface area contributed by atoms with Crippen LogP contribution in [0.2, 0.25) is 0 Å². The Morgan fingerprint density at radius 2 is 1.79 bits per heavy atom. The van der Waals surface area contributed by atoms with Crippen molar-refractivity contribution in [2.75, 3.05) is 0 Å². The third-order valence-electron chi connectivity index (χ3n) is 5.37. The highest BCUT2D eigenvalue weighted by Crippen LogP contribution is 2.38. The maximum atomic E-state index is 14.1. The first-order valence-electron chi connectivity index (χ1n) is 9.37. The fourth-order valence-corrected chi connectivity index (χ4v) is 3.73. The Morgan fingerprint density at radius 1 is 1.10 bits per heavy atom. The van der Waals surface area contributed by atoms with E-state index in [2.05, 4.69) is 5.32 Å². The van der Waals surface area contributed by atoms with E-state index in [1.807, 2.05) is 0 Å². The molecule has 1 aliphatic carbocycles. The van der Waals surface area contributed by atoms with Crippen LogP contribution >= 0.6 is 0 Å². The van der Waals surface area contributed by atoms with Gasteiger partial charge in [0, 0.05) is 0 Å². The van der Waals surface area contributed by atoms with Crippen LogP contribution in [0.15, 0.2) is 42.5 Å². The number of nitrogens with one attached hydrogen (secondary N) is 1. The SMILES string of the molecule is CC(=O)C(C(=O)NC(c1cccc(F)c1)C1CCC1)c1cccc(F)c1C(=O)O. The van der Waals surface area contributed by atoms with Crippen LogP contribution in [-0.4, -0.2) is 22.8 Å². The van der Waals surface area contributed by atoms with Crippen LogP contribution in [0, 0.1) is 17.6 Å². The summed E-state index contributed by atoms with van der Waals surface area (Å²) in [5.74, 6) is -5.75. The van der Waals surface area contributed by atoms with E-state index in [1.165, 1.54) is 24.3 Å². The maximum Gasteiger partial charge on any atom is 0.339 e. The quantitative estimate of drug-likeness (QED) is 0.687. The zero-order chi connectivity index (χ0) is 21.1. The van der Waals surface area contributed by atoms with Crippen LogP contribution in [0.25, 0.3) is 0 Å². The van der Waals surface area contributed by atoms with Gasteiger partial charge in [-0.25, -0.2) is 13.6 Å². The van der Waals surface area contributed by atoms with Gasteiger partial charge in [-0.15, -0.1) is 0 Å². The molecular formula is C22H21F2NO4. The topological polar surface area (TPSA) is 83.5 Å². The molecule has 5 nitrogen and oxygen atoms in total. The predicted octanol–water partition coefficient (Wildman–Crippen LogP) is 3.99. The number of halogens is 2. The Bertz CT molecular complexity index is 956. The first-order valence-corrected chi connectivity index (χ1v) is 9.37. The number of hydrogen-bond acceptors (Lipinski definition) is 3. The molecule has 0 aromatic heterocycles. The molecule has 1 aliphatic rings. The van der Waals surface area contributed by atoms with Gasteiger partial charge in [0.25, 0.3) is 0 Å². The number of hydrogen-bond donors (Lipinski definition) is 2. The Hall–Kier alpha value is -3.09. The molecule has 2 aromatic carbocycles. The fraction of sp³-hybridized carbons (Fsp3) is 0.318. The molecular weight excluding hydrogens is 380 g/mol. The second-order valence-corrected chi connectivity index (χ2v) is 7.29. The Morgan fingerprint density at radius 3 is 2.34 bits per heavy atom. The molecule has 2 unspecified atom stereocenters. The Balaban J connectivity index is 1.96. The Kier molecular flexibility index (Phi) is 6.06. The number of Topliss-reactive ketones (excluding diaryl/α,β-unsaturated/α-hetero) is 1. The lowest BCUT2D eigenvalue weighted by Gasteiger charge is -2.35. The molecule has 1 saturated carbocycles. The van der Waals surface area contributed by atoms with Crippen molar-refractivity contribution in [3.63, 3.8) is 0 Å². The lowest BCUT2D eigenvalue weighted by molar-refractivity contribution is -0.130. The number of ketones is 1. The molecule has 0 aliphatic heterocycles. The summed E-state index contributed by atoms with van der Waals surface area (Å²) in [4.78, 5) is 36.8. The van der Waals surface area contributed by atoms with Crippen molar-refractivity contribution < 1.29 is 28.3 Å². The van der Waals surface area contributed by atoms with E-state index in [0.717, 1.165) is 32.3 Å². The van der Waals surface area contributed by atoms with Crippen LogP contribution in [0.1, 0.15) is 59.6 Å². The molecule has 0 spiro atoms. The molecule has 2 N–H and O–H groups in total. The molecule has 0 radical (unpaired) electrons. The van der Waals surface area contributed by atoms with Gasteiger partial charge >= 0.3 is 5.97 Å². The highest BCUT2D eigenvalue weighted by Gasteiger charge is 2.35. The summed E-state index contributed by atoms with van der Waals surface area (Å²) in [5, 5.41) is 12.1. The van der Waals surface area contributed by atoms with Gasteiger partial charge in [0.1, 0.15) is 23.3 Å². The maximum absolute atomic E-state index is 14.1. The molecule has 2 atom stereocenters. The standard InChI is InChI=1S/C22H21F2NO4/c1-12(26)18(16-9-4-10-17(24)19(16)22(28)29)21(27)25-20(13-5-2-6-13)14-7-3-8-15(23)11-14/h3-4,7-11,13,18,20H,2,5-6H2,1H3,(H,25,27)(H,28,29). The Labute approximate surface area is 166 Å². The number of carboxylic acids is 1. The normalized spacial score (nSPS) is 15.8. The monoisotopic (exact) mass is 401 g/mol. The van der Waals surface area contributed by atoms with Gasteiger partial charge in [0.2, 0.25) is 5.91 Å². The van der Waals surface area contributed by atoms with Crippen LogP contribution in [-0.2, 0) is 9.59 Å². The number of aromatic carboxylic acids is 1. The van der Waals surface area contributed by atoms with Crippen molar-refractivity contribution in [3.05, 3.63) is 70.8 Å². The molecule has 0 heterocycles. The molecule has 29 heavy (non-hydrogen) atoms. The van der Waals surface area contributed by atoms with Gasteiger partial charge in [-0.2, -0.15) is 0 Å². The number of rotatable bonds is 7. The lowest BCUT2D eigenvalue weighted by atomic mass is 9.76. The third kappa shape index (κ3) is 4.34. The molecule has 0 bridgehead atoms. The van der Waals surface area contributed by atoms with Crippen molar-refractivity contribution in [2.24, 2.45) is 5.92 Å². The van der Waals surface area contributed by atoms with Crippen LogP contribution in [0.4, 0.5) is 8.78 Å². The summed E-state index contributed by atoms with van der Waals surface area (Å²) in [5.41, 5.74) is -0.328. The molecule has 152 valence electrons. The summed E-state index contributed by atoms with van der Waals surface area (Å²) in [6.07, 6.45) is 2.66. The van der Waals surface area contributed by atoms with E-state index < -0.39 is 46.8 Å². The van der Waals surface area contributed by atoms with E-state index in [0.29, 0.717) is 5.56 Å². The number of carbonyl (C=O) groups excluding carboxylic acids is 2. The number of benzene rings is 2. The number of carbonyl (C=O) groups is 3. The van der Waals surface area contributed by atoms with E-state index in [1.54, 1.807) is 12.1 Å². The third-order valence-corrected chi connectivity index (χ3v) is 5.37. The van der Waals surface area contributed by atoms with Crippen molar-refractivity contribution >= 4 is 17.7 Å². The van der Waals surface area contributed by atoms with E-state index in [4.69, 9.17) is 0 Å². The van der Waals surface area contributed by atoms with Gasteiger partial charge in [-0.05, 0) is 55.0 Å². The van der Waals surface area contributed by atoms with Gasteiger partial charge in [-0.1, -0.05) is 30.7 Å². The van der Waals surface area contributed by atoms with Crippen LogP contribution in [0.3, 0.4) is 0 Å². The van der Waals surface area contributed by atoms with Gasteiger partial charge in [-0.3, -0.25) is 9.59 Å². The number of carboxylic acid groups (broad SMARTS) is 1. The second-order valence-electron chi connectivity index (χ2n) is 7.29. The van der Waals surface area contributed by atoms with Crippen LogP contribution < -0.4 is 5.32 Å². The smallest absolute Gasteiger partial charge is 0.339 e. The minimum absolute atomic E-state index is 0.0832. The van der Waals surface area contributed by atoms with Gasteiger partial charge < -0.3 is 10.4 Å². The first-order chi connectivity index (χ1) is 13.8. The fourth-order valence-electron chi connectivity index (χ4n) is 3.73. The summed E-state index contributed by atoms with van der Waals surface area (Å²) in [7, 11) is 0. The van der Waals surface area contributed by atoms with E-state index in [-0.39, 0.29) is 11.5 Å². The first kappa shape index (κ1) is 20.6. The van der Waals surface area contributed by atoms with Gasteiger partial charge in [0.05, 0.1) is 11.6 Å². The van der Waals surface area contributed by atoms with E-state index >= 15 is 0 Å². The summed E-state index contributed by atoms with van der Waals surface area (Å²) < 4.78 is 27.8. The largest absolute Gasteiger partial charge is 0.478 e. The van der Waals surface area contributed by atoms with E-state index in [9.17, 15) is 28.3 Å². The zero-order valence-corrected chi connectivity index (χ0v) is 15.8. The lowest BCUT2D eigenvalue weighted by Crippen LogP contribution is -2.40.